The van der Waals surface area contributed by atoms with Crippen LogP contribution in [0.2, 0.25) is 5.02 Å². The standard InChI is InChI=1S/C29H27ClN4O2S.C4H10O/c1-4-36-25(35)13-21-16(2)11-23-28(26(21)17-5-8-20(30)9-6-17)37-29(32-23)18-7-10-24-22(12-18)27(33-34(24)3)19-14-31-15-19;1-4(2,3)5/h5-12,19,31H,4,13-15H2,1-3H3;5H,1-3H3. The van der Waals surface area contributed by atoms with E-state index in [-0.39, 0.29) is 12.4 Å². The van der Waals surface area contributed by atoms with E-state index in [1.807, 2.05) is 49.8 Å². The van der Waals surface area contributed by atoms with Gasteiger partial charge in [-0.15, -0.1) is 11.3 Å². The predicted octanol–water partition coefficient (Wildman–Crippen LogP) is 7.05. The summed E-state index contributed by atoms with van der Waals surface area (Å²) < 4.78 is 8.32. The third-order valence-electron chi connectivity index (χ3n) is 7.06. The Labute approximate surface area is 255 Å². The zero-order chi connectivity index (χ0) is 30.2. The predicted molar refractivity (Wildman–Crippen MR) is 172 cm³/mol. The van der Waals surface area contributed by atoms with E-state index in [4.69, 9.17) is 31.5 Å². The summed E-state index contributed by atoms with van der Waals surface area (Å²) in [5.74, 6) is 0.212. The number of nitrogens with zero attached hydrogens (tertiary/aromatic N) is 3. The van der Waals surface area contributed by atoms with Crippen molar-refractivity contribution in [1.82, 2.24) is 20.1 Å². The number of fused-ring (bicyclic) bond motifs is 2. The molecular weight excluding hydrogens is 568 g/mol. The molecule has 1 fully saturated rings. The summed E-state index contributed by atoms with van der Waals surface area (Å²) in [7, 11) is 2.00. The number of rotatable bonds is 6. The Morgan fingerprint density at radius 2 is 1.81 bits per heavy atom. The Hall–Kier alpha value is -3.30. The number of esters is 1. The van der Waals surface area contributed by atoms with Crippen LogP contribution in [0, 0.1) is 6.92 Å². The van der Waals surface area contributed by atoms with E-state index in [1.165, 1.54) is 5.39 Å². The third kappa shape index (κ3) is 6.52. The minimum Gasteiger partial charge on any atom is -0.466 e. The molecule has 220 valence electrons. The number of thiazole rings is 1. The quantitative estimate of drug-likeness (QED) is 0.202. The van der Waals surface area contributed by atoms with Crippen LogP contribution in [-0.2, 0) is 23.0 Å². The molecule has 42 heavy (non-hydrogen) atoms. The summed E-state index contributed by atoms with van der Waals surface area (Å²) in [5, 5.41) is 19.5. The highest BCUT2D eigenvalue weighted by molar-refractivity contribution is 7.22. The number of ether oxygens (including phenoxy) is 1. The number of nitrogens with one attached hydrogen (secondary N) is 1. The molecule has 7 nitrogen and oxygen atoms in total. The lowest BCUT2D eigenvalue weighted by Gasteiger charge is -2.25. The molecule has 9 heteroatoms. The number of aromatic nitrogens is 3. The average Bonchev–Trinajstić information content (AvgIpc) is 3.44. The van der Waals surface area contributed by atoms with Crippen LogP contribution in [0.15, 0.2) is 48.5 Å². The molecule has 1 aliphatic rings. The Morgan fingerprint density at radius 1 is 1.14 bits per heavy atom. The van der Waals surface area contributed by atoms with Crippen molar-refractivity contribution in [2.75, 3.05) is 19.7 Å². The monoisotopic (exact) mass is 604 g/mol. The number of carbonyl (C=O) groups excluding carboxylic acids is 1. The van der Waals surface area contributed by atoms with Gasteiger partial charge in [-0.25, -0.2) is 4.98 Å². The number of aryl methyl sites for hydroxylation is 2. The molecular formula is C33H37ClN4O3S. The minimum absolute atomic E-state index is 0.210. The Bertz CT molecular complexity index is 1740. The smallest absolute Gasteiger partial charge is 0.310 e. The van der Waals surface area contributed by atoms with Gasteiger partial charge in [0.2, 0.25) is 0 Å². The molecule has 0 saturated carbocycles. The van der Waals surface area contributed by atoms with Crippen LogP contribution in [0.3, 0.4) is 0 Å². The normalized spacial score (nSPS) is 13.6. The van der Waals surface area contributed by atoms with Gasteiger partial charge in [-0.3, -0.25) is 9.48 Å². The Kier molecular flexibility index (Phi) is 8.71. The van der Waals surface area contributed by atoms with E-state index in [1.54, 1.807) is 32.1 Å². The van der Waals surface area contributed by atoms with Crippen molar-refractivity contribution >= 4 is 50.0 Å². The van der Waals surface area contributed by atoms with Crippen LogP contribution in [0.25, 0.3) is 42.8 Å². The third-order valence-corrected chi connectivity index (χ3v) is 8.45. The van der Waals surface area contributed by atoms with E-state index in [2.05, 4.69) is 29.6 Å². The van der Waals surface area contributed by atoms with Gasteiger partial charge in [-0.1, -0.05) is 23.7 Å². The fourth-order valence-corrected chi connectivity index (χ4v) is 6.33. The fraction of sp³-hybridized carbons (Fsp3) is 0.364. The van der Waals surface area contributed by atoms with Gasteiger partial charge in [0.05, 0.1) is 40.1 Å². The van der Waals surface area contributed by atoms with Crippen LogP contribution in [0.5, 0.6) is 0 Å². The van der Waals surface area contributed by atoms with Gasteiger partial charge in [0.15, 0.2) is 0 Å². The zero-order valence-electron chi connectivity index (χ0n) is 24.9. The van der Waals surface area contributed by atoms with Crippen LogP contribution >= 0.6 is 22.9 Å². The van der Waals surface area contributed by atoms with Crippen molar-refractivity contribution in [3.63, 3.8) is 0 Å². The first-order valence-electron chi connectivity index (χ1n) is 14.2. The largest absolute Gasteiger partial charge is 0.466 e. The molecule has 0 aliphatic carbocycles. The highest BCUT2D eigenvalue weighted by Crippen LogP contribution is 2.42. The minimum atomic E-state index is -0.500. The number of hydrogen-bond donors (Lipinski definition) is 2. The molecule has 1 saturated heterocycles. The molecule has 1 aliphatic heterocycles. The van der Waals surface area contributed by atoms with Crippen molar-refractivity contribution < 1.29 is 14.6 Å². The molecule has 2 N–H and O–H groups in total. The molecule has 0 atom stereocenters. The summed E-state index contributed by atoms with van der Waals surface area (Å²) in [6.45, 7) is 11.4. The lowest BCUT2D eigenvalue weighted by molar-refractivity contribution is -0.142. The summed E-state index contributed by atoms with van der Waals surface area (Å²) in [6.07, 6.45) is 0.210. The molecule has 3 heterocycles. The maximum absolute atomic E-state index is 12.5. The summed E-state index contributed by atoms with van der Waals surface area (Å²) >= 11 is 7.86. The first-order chi connectivity index (χ1) is 19.9. The van der Waals surface area contributed by atoms with E-state index in [0.717, 1.165) is 67.3 Å². The fourth-order valence-electron chi connectivity index (χ4n) is 5.07. The number of halogens is 1. The SMILES string of the molecule is CC(C)(C)O.CCOC(=O)Cc1c(C)cc2nc(-c3ccc4c(c3)c(C3CNC3)nn4C)sc2c1-c1ccc(Cl)cc1. The Balaban J connectivity index is 0.000000652. The van der Waals surface area contributed by atoms with Gasteiger partial charge in [-0.05, 0) is 87.7 Å². The van der Waals surface area contributed by atoms with Crippen molar-refractivity contribution in [2.24, 2.45) is 7.05 Å². The molecule has 0 spiro atoms. The van der Waals surface area contributed by atoms with Crippen LogP contribution < -0.4 is 5.32 Å². The van der Waals surface area contributed by atoms with Crippen LogP contribution in [-0.4, -0.2) is 51.1 Å². The van der Waals surface area contributed by atoms with Gasteiger partial charge in [0, 0.05) is 47.6 Å². The average molecular weight is 605 g/mol. The van der Waals surface area contributed by atoms with Crippen LogP contribution in [0.1, 0.15) is 50.4 Å². The van der Waals surface area contributed by atoms with E-state index in [9.17, 15) is 4.79 Å². The van der Waals surface area contributed by atoms with E-state index >= 15 is 0 Å². The highest BCUT2D eigenvalue weighted by Gasteiger charge is 2.25. The van der Waals surface area contributed by atoms with E-state index < -0.39 is 5.60 Å². The highest BCUT2D eigenvalue weighted by atomic mass is 35.5. The molecule has 0 amide bonds. The molecule has 2 aromatic heterocycles. The first kappa shape index (κ1) is 30.2. The molecule has 0 unspecified atom stereocenters. The van der Waals surface area contributed by atoms with Gasteiger partial charge in [0.1, 0.15) is 5.01 Å². The summed E-state index contributed by atoms with van der Waals surface area (Å²) in [4.78, 5) is 17.6. The molecule has 5 aromatic rings. The number of carbonyl (C=O) groups is 1. The number of hydrogen-bond acceptors (Lipinski definition) is 7. The van der Waals surface area contributed by atoms with Gasteiger partial charge in [0.25, 0.3) is 0 Å². The summed E-state index contributed by atoms with van der Waals surface area (Å²) in [6, 6.07) is 16.3. The zero-order valence-corrected chi connectivity index (χ0v) is 26.5. The maximum atomic E-state index is 12.5. The first-order valence-corrected chi connectivity index (χ1v) is 15.4. The number of benzene rings is 3. The maximum Gasteiger partial charge on any atom is 0.310 e. The lowest BCUT2D eigenvalue weighted by Crippen LogP contribution is -2.40. The summed E-state index contributed by atoms with van der Waals surface area (Å²) in [5.41, 5.74) is 7.78. The topological polar surface area (TPSA) is 89.3 Å². The van der Waals surface area contributed by atoms with Gasteiger partial charge >= 0.3 is 5.97 Å². The van der Waals surface area contributed by atoms with Crippen LogP contribution in [0.4, 0.5) is 0 Å². The molecule has 6 rings (SSSR count). The van der Waals surface area contributed by atoms with Crippen molar-refractivity contribution in [3.8, 4) is 21.7 Å². The van der Waals surface area contributed by atoms with Gasteiger partial charge < -0.3 is 15.2 Å². The molecule has 0 radical (unpaired) electrons. The number of aliphatic hydroxyl groups is 1. The molecule has 3 aromatic carbocycles. The second kappa shape index (κ2) is 12.1. The van der Waals surface area contributed by atoms with Crippen molar-refractivity contribution in [2.45, 2.75) is 52.6 Å². The molecule has 0 bridgehead atoms. The van der Waals surface area contributed by atoms with Gasteiger partial charge in [-0.2, -0.15) is 5.10 Å². The second-order valence-corrected chi connectivity index (χ2v) is 13.1. The Morgan fingerprint density at radius 3 is 2.43 bits per heavy atom. The lowest BCUT2D eigenvalue weighted by atomic mass is 9.93. The van der Waals surface area contributed by atoms with E-state index in [0.29, 0.717) is 17.5 Å². The van der Waals surface area contributed by atoms with Crippen molar-refractivity contribution in [1.29, 1.82) is 0 Å². The van der Waals surface area contributed by atoms with Crippen molar-refractivity contribution in [3.05, 3.63) is 70.4 Å². The second-order valence-electron chi connectivity index (χ2n) is 11.7.